The summed E-state index contributed by atoms with van der Waals surface area (Å²) < 4.78 is 15.9. The topological polar surface area (TPSA) is 88.0 Å². The van der Waals surface area contributed by atoms with E-state index in [4.69, 9.17) is 0 Å². The number of nitrogens with one attached hydrogen (secondary N) is 3. The van der Waals surface area contributed by atoms with E-state index in [9.17, 15) is 14.0 Å². The van der Waals surface area contributed by atoms with Crippen LogP contribution in [0.1, 0.15) is 38.9 Å². The minimum Gasteiger partial charge on any atom is -0.338 e. The third-order valence-electron chi connectivity index (χ3n) is 3.66. The normalized spacial score (nSPS) is 10.7. The van der Waals surface area contributed by atoms with Crippen molar-refractivity contribution in [2.45, 2.75) is 39.7 Å². The maximum Gasteiger partial charge on any atom is 0.319 e. The van der Waals surface area contributed by atoms with Crippen LogP contribution < -0.4 is 16.0 Å². The van der Waals surface area contributed by atoms with Crippen LogP contribution in [0.3, 0.4) is 0 Å². The van der Waals surface area contributed by atoms with E-state index < -0.39 is 11.8 Å². The summed E-state index contributed by atoms with van der Waals surface area (Å²) in [5.74, 6) is 0.493. The number of benzene rings is 1. The van der Waals surface area contributed by atoms with Gasteiger partial charge in [0.25, 0.3) is 0 Å². The van der Waals surface area contributed by atoms with Gasteiger partial charge in [0.2, 0.25) is 5.91 Å². The Morgan fingerprint density at radius 3 is 2.73 bits per heavy atom. The highest BCUT2D eigenvalue weighted by atomic mass is 19.1. The SMILES string of the molecule is CC(=O)Nc1ccc(F)c(NC(=O)NCCCn2ccnc2C(C)C)c1. The first-order chi connectivity index (χ1) is 12.4. The molecule has 3 N–H and O–H groups in total. The summed E-state index contributed by atoms with van der Waals surface area (Å²) >= 11 is 0. The summed E-state index contributed by atoms with van der Waals surface area (Å²) in [6.45, 7) is 6.69. The van der Waals surface area contributed by atoms with E-state index in [1.54, 1.807) is 6.20 Å². The number of hydrogen-bond donors (Lipinski definition) is 3. The monoisotopic (exact) mass is 361 g/mol. The Labute approximate surface area is 152 Å². The highest BCUT2D eigenvalue weighted by molar-refractivity contribution is 5.92. The highest BCUT2D eigenvalue weighted by Gasteiger charge is 2.09. The Kier molecular flexibility index (Phi) is 6.71. The zero-order valence-electron chi connectivity index (χ0n) is 15.2. The van der Waals surface area contributed by atoms with Crippen LogP contribution >= 0.6 is 0 Å². The van der Waals surface area contributed by atoms with Gasteiger partial charge in [-0.15, -0.1) is 0 Å². The molecule has 1 aromatic carbocycles. The molecule has 140 valence electrons. The van der Waals surface area contributed by atoms with Crippen LogP contribution in [-0.4, -0.2) is 28.0 Å². The molecule has 0 saturated heterocycles. The van der Waals surface area contributed by atoms with Gasteiger partial charge in [0.1, 0.15) is 11.6 Å². The van der Waals surface area contributed by atoms with Crippen LogP contribution in [0.25, 0.3) is 0 Å². The van der Waals surface area contributed by atoms with Crippen molar-refractivity contribution < 1.29 is 14.0 Å². The summed E-state index contributed by atoms with van der Waals surface area (Å²) in [5.41, 5.74) is 0.418. The average Bonchev–Trinajstić information content (AvgIpc) is 3.03. The van der Waals surface area contributed by atoms with E-state index in [2.05, 4.69) is 39.3 Å². The molecule has 1 heterocycles. The van der Waals surface area contributed by atoms with Gasteiger partial charge in [-0.05, 0) is 24.6 Å². The molecule has 0 spiro atoms. The maximum absolute atomic E-state index is 13.8. The predicted octanol–water partition coefficient (Wildman–Crippen LogP) is 3.32. The van der Waals surface area contributed by atoms with Crippen molar-refractivity contribution in [2.24, 2.45) is 0 Å². The van der Waals surface area contributed by atoms with E-state index in [0.717, 1.165) is 18.8 Å². The summed E-state index contributed by atoms with van der Waals surface area (Å²) in [6, 6.07) is 3.49. The quantitative estimate of drug-likeness (QED) is 0.661. The molecule has 3 amide bonds. The highest BCUT2D eigenvalue weighted by Crippen LogP contribution is 2.19. The van der Waals surface area contributed by atoms with Gasteiger partial charge in [-0.3, -0.25) is 4.79 Å². The molecule has 0 aliphatic rings. The first-order valence-corrected chi connectivity index (χ1v) is 8.50. The van der Waals surface area contributed by atoms with Crippen molar-refractivity contribution in [1.82, 2.24) is 14.9 Å². The molecular formula is C18H24FN5O2. The lowest BCUT2D eigenvalue weighted by Gasteiger charge is -2.12. The van der Waals surface area contributed by atoms with Gasteiger partial charge in [0.15, 0.2) is 0 Å². The number of halogens is 1. The number of amides is 3. The van der Waals surface area contributed by atoms with Gasteiger partial charge < -0.3 is 20.5 Å². The Balaban J connectivity index is 1.82. The minimum absolute atomic E-state index is 0.00505. The zero-order valence-corrected chi connectivity index (χ0v) is 15.2. The van der Waals surface area contributed by atoms with Crippen LogP contribution in [-0.2, 0) is 11.3 Å². The molecule has 0 unspecified atom stereocenters. The second-order valence-electron chi connectivity index (χ2n) is 6.24. The number of hydrogen-bond acceptors (Lipinski definition) is 3. The number of anilines is 2. The van der Waals surface area contributed by atoms with Crippen molar-refractivity contribution in [1.29, 1.82) is 0 Å². The maximum atomic E-state index is 13.8. The molecule has 2 aromatic rings. The first kappa shape index (κ1) is 19.4. The van der Waals surface area contributed by atoms with Crippen LogP contribution in [0.15, 0.2) is 30.6 Å². The van der Waals surface area contributed by atoms with Crippen LogP contribution in [0.4, 0.5) is 20.6 Å². The lowest BCUT2D eigenvalue weighted by Crippen LogP contribution is -2.30. The van der Waals surface area contributed by atoms with Crippen molar-refractivity contribution in [3.05, 3.63) is 42.2 Å². The van der Waals surface area contributed by atoms with Crippen molar-refractivity contribution in [3.8, 4) is 0 Å². The number of urea groups is 1. The van der Waals surface area contributed by atoms with Crippen LogP contribution in [0.2, 0.25) is 0 Å². The second-order valence-corrected chi connectivity index (χ2v) is 6.24. The fourth-order valence-electron chi connectivity index (χ4n) is 2.53. The molecule has 0 radical (unpaired) electrons. The fraction of sp³-hybridized carbons (Fsp3) is 0.389. The standard InChI is InChI=1S/C18H24FN5O2/c1-12(2)17-20-8-10-24(17)9-4-7-21-18(26)23-16-11-14(22-13(3)25)5-6-15(16)19/h5-6,8,10-12H,4,7,9H2,1-3H3,(H,22,25)(H2,21,23,26). The molecule has 0 fully saturated rings. The minimum atomic E-state index is -0.575. The third-order valence-corrected chi connectivity index (χ3v) is 3.66. The van der Waals surface area contributed by atoms with Gasteiger partial charge in [-0.1, -0.05) is 13.8 Å². The lowest BCUT2D eigenvalue weighted by atomic mass is 10.2. The molecule has 0 atom stereocenters. The summed E-state index contributed by atoms with van der Waals surface area (Å²) in [6.07, 6.45) is 4.40. The first-order valence-electron chi connectivity index (χ1n) is 8.50. The molecule has 0 aliphatic heterocycles. The van der Waals surface area contributed by atoms with E-state index in [1.165, 1.54) is 25.1 Å². The fourth-order valence-corrected chi connectivity index (χ4v) is 2.53. The smallest absolute Gasteiger partial charge is 0.319 e. The van der Waals surface area contributed by atoms with E-state index in [0.29, 0.717) is 18.2 Å². The molecule has 2 rings (SSSR count). The number of aryl methyl sites for hydroxylation is 1. The summed E-state index contributed by atoms with van der Waals surface area (Å²) in [7, 11) is 0. The van der Waals surface area contributed by atoms with Crippen LogP contribution in [0, 0.1) is 5.82 Å². The molecular weight excluding hydrogens is 337 g/mol. The average molecular weight is 361 g/mol. The van der Waals surface area contributed by atoms with Gasteiger partial charge in [-0.25, -0.2) is 14.2 Å². The van der Waals surface area contributed by atoms with E-state index >= 15 is 0 Å². The third kappa shape index (κ3) is 5.58. The second kappa shape index (κ2) is 8.98. The number of nitrogens with zero attached hydrogens (tertiary/aromatic N) is 2. The largest absolute Gasteiger partial charge is 0.338 e. The van der Waals surface area contributed by atoms with Crippen LogP contribution in [0.5, 0.6) is 0 Å². The van der Waals surface area contributed by atoms with Crippen molar-refractivity contribution in [3.63, 3.8) is 0 Å². The predicted molar refractivity (Wildman–Crippen MR) is 98.7 cm³/mol. The van der Waals surface area contributed by atoms with Gasteiger partial charge in [-0.2, -0.15) is 0 Å². The number of aromatic nitrogens is 2. The Morgan fingerprint density at radius 2 is 2.04 bits per heavy atom. The van der Waals surface area contributed by atoms with Gasteiger partial charge in [0, 0.05) is 44.0 Å². The number of carbonyl (C=O) groups excluding carboxylic acids is 2. The summed E-state index contributed by atoms with van der Waals surface area (Å²) in [4.78, 5) is 27.3. The van der Waals surface area contributed by atoms with E-state index in [-0.39, 0.29) is 11.6 Å². The Bertz CT molecular complexity index is 773. The van der Waals surface area contributed by atoms with Crippen molar-refractivity contribution in [2.75, 3.05) is 17.2 Å². The lowest BCUT2D eigenvalue weighted by molar-refractivity contribution is -0.114. The molecule has 0 aliphatic carbocycles. The van der Waals surface area contributed by atoms with E-state index in [1.807, 2.05) is 6.20 Å². The Hall–Kier alpha value is -2.90. The molecule has 0 bridgehead atoms. The van der Waals surface area contributed by atoms with Gasteiger partial charge >= 0.3 is 6.03 Å². The molecule has 0 saturated carbocycles. The Morgan fingerprint density at radius 1 is 1.27 bits per heavy atom. The molecule has 7 nitrogen and oxygen atoms in total. The van der Waals surface area contributed by atoms with Crippen molar-refractivity contribution >= 4 is 23.3 Å². The molecule has 26 heavy (non-hydrogen) atoms. The zero-order chi connectivity index (χ0) is 19.1. The number of rotatable bonds is 7. The molecule has 1 aromatic heterocycles. The number of imidazole rings is 1. The molecule has 8 heteroatoms. The summed E-state index contributed by atoms with van der Waals surface area (Å²) in [5, 5.41) is 7.69. The number of carbonyl (C=O) groups is 2. The van der Waals surface area contributed by atoms with Gasteiger partial charge in [0.05, 0.1) is 5.69 Å².